The molecule has 0 aliphatic heterocycles. The lowest BCUT2D eigenvalue weighted by molar-refractivity contribution is -0.121. The molecule has 0 unspecified atom stereocenters. The number of hydrogen-bond donors (Lipinski definition) is 3. The third-order valence-electron chi connectivity index (χ3n) is 3.57. The monoisotopic (exact) mass is 289 g/mol. The number of carbonyl (C=O) groups is 2. The molecule has 0 radical (unpaired) electrons. The number of anilines is 1. The third kappa shape index (κ3) is 4.77. The van der Waals surface area contributed by atoms with Gasteiger partial charge in [0.15, 0.2) is 0 Å². The van der Waals surface area contributed by atoms with Gasteiger partial charge in [0.1, 0.15) is 0 Å². The number of aryl methyl sites for hydroxylation is 1. The molecule has 1 aliphatic rings. The fourth-order valence-corrected chi connectivity index (χ4v) is 2.15. The SMILES string of the molecule is CNc1ccc(C(=O)NCCCC(=O)NC2CC2)c(C)c1. The van der Waals surface area contributed by atoms with E-state index in [1.165, 1.54) is 0 Å². The molecule has 0 aromatic heterocycles. The molecule has 0 saturated heterocycles. The molecule has 2 amide bonds. The van der Waals surface area contributed by atoms with Crippen LogP contribution in [0.1, 0.15) is 41.6 Å². The zero-order valence-corrected chi connectivity index (χ0v) is 12.7. The normalized spacial score (nSPS) is 13.6. The quantitative estimate of drug-likeness (QED) is 0.671. The topological polar surface area (TPSA) is 70.2 Å². The van der Waals surface area contributed by atoms with E-state index in [1.54, 1.807) is 0 Å². The second-order valence-electron chi connectivity index (χ2n) is 5.48. The number of hydrogen-bond acceptors (Lipinski definition) is 3. The van der Waals surface area contributed by atoms with Crippen LogP contribution in [0.2, 0.25) is 0 Å². The zero-order chi connectivity index (χ0) is 15.2. The van der Waals surface area contributed by atoms with Crippen molar-refractivity contribution in [2.45, 2.75) is 38.6 Å². The highest BCUT2D eigenvalue weighted by Gasteiger charge is 2.22. The molecule has 1 aliphatic carbocycles. The van der Waals surface area contributed by atoms with Crippen LogP contribution >= 0.6 is 0 Å². The second-order valence-corrected chi connectivity index (χ2v) is 5.48. The summed E-state index contributed by atoms with van der Waals surface area (Å²) in [7, 11) is 1.85. The van der Waals surface area contributed by atoms with Crippen molar-refractivity contribution in [1.29, 1.82) is 0 Å². The molecule has 21 heavy (non-hydrogen) atoms. The maximum atomic E-state index is 12.1. The molecule has 0 heterocycles. The van der Waals surface area contributed by atoms with E-state index in [9.17, 15) is 9.59 Å². The van der Waals surface area contributed by atoms with Gasteiger partial charge in [-0.3, -0.25) is 9.59 Å². The zero-order valence-electron chi connectivity index (χ0n) is 12.7. The molecule has 1 aromatic carbocycles. The molecule has 114 valence electrons. The Hall–Kier alpha value is -2.04. The summed E-state index contributed by atoms with van der Waals surface area (Å²) >= 11 is 0. The highest BCUT2D eigenvalue weighted by molar-refractivity contribution is 5.96. The average Bonchev–Trinajstić information content (AvgIpc) is 3.27. The number of benzene rings is 1. The molecule has 0 atom stereocenters. The maximum Gasteiger partial charge on any atom is 0.251 e. The molecule has 5 heteroatoms. The molecular formula is C16H23N3O2. The summed E-state index contributed by atoms with van der Waals surface area (Å²) in [6, 6.07) is 6.04. The van der Waals surface area contributed by atoms with Gasteiger partial charge in [0.25, 0.3) is 5.91 Å². The lowest BCUT2D eigenvalue weighted by atomic mass is 10.1. The first kappa shape index (κ1) is 15.4. The lowest BCUT2D eigenvalue weighted by Crippen LogP contribution is -2.28. The van der Waals surface area contributed by atoms with Crippen LogP contribution in [0, 0.1) is 6.92 Å². The number of amides is 2. The van der Waals surface area contributed by atoms with Crippen molar-refractivity contribution in [3.05, 3.63) is 29.3 Å². The summed E-state index contributed by atoms with van der Waals surface area (Å²) in [4.78, 5) is 23.6. The Morgan fingerprint density at radius 3 is 2.67 bits per heavy atom. The van der Waals surface area contributed by atoms with Crippen molar-refractivity contribution >= 4 is 17.5 Å². The maximum absolute atomic E-state index is 12.1. The standard InChI is InChI=1S/C16H23N3O2/c1-11-10-13(17-2)7-8-14(11)16(21)18-9-3-4-15(20)19-12-5-6-12/h7-8,10,12,17H,3-6,9H2,1-2H3,(H,18,21)(H,19,20). The molecule has 5 nitrogen and oxygen atoms in total. The van der Waals surface area contributed by atoms with Crippen LogP contribution < -0.4 is 16.0 Å². The first-order chi connectivity index (χ1) is 10.1. The number of nitrogens with one attached hydrogen (secondary N) is 3. The van der Waals surface area contributed by atoms with Crippen LogP contribution in [0.5, 0.6) is 0 Å². The summed E-state index contributed by atoms with van der Waals surface area (Å²) in [6.45, 7) is 2.43. The summed E-state index contributed by atoms with van der Waals surface area (Å²) in [5, 5.41) is 8.84. The third-order valence-corrected chi connectivity index (χ3v) is 3.57. The predicted octanol–water partition coefficient (Wildman–Crippen LogP) is 1.83. The summed E-state index contributed by atoms with van der Waals surface area (Å²) in [6.07, 6.45) is 3.33. The summed E-state index contributed by atoms with van der Waals surface area (Å²) in [5.41, 5.74) is 2.60. The Labute approximate surface area is 125 Å². The summed E-state index contributed by atoms with van der Waals surface area (Å²) < 4.78 is 0. The van der Waals surface area contributed by atoms with E-state index in [0.29, 0.717) is 31.0 Å². The van der Waals surface area contributed by atoms with Gasteiger partial charge in [-0.15, -0.1) is 0 Å². The van der Waals surface area contributed by atoms with Crippen molar-refractivity contribution in [3.8, 4) is 0 Å². The lowest BCUT2D eigenvalue weighted by Gasteiger charge is -2.09. The van der Waals surface area contributed by atoms with Crippen LogP contribution in [-0.2, 0) is 4.79 Å². The molecule has 0 spiro atoms. The van der Waals surface area contributed by atoms with Crippen LogP contribution in [0.25, 0.3) is 0 Å². The first-order valence-electron chi connectivity index (χ1n) is 7.46. The van der Waals surface area contributed by atoms with Crippen LogP contribution in [-0.4, -0.2) is 31.4 Å². The average molecular weight is 289 g/mol. The highest BCUT2D eigenvalue weighted by atomic mass is 16.2. The molecule has 1 saturated carbocycles. The molecule has 1 fully saturated rings. The van der Waals surface area contributed by atoms with Crippen molar-refractivity contribution in [3.63, 3.8) is 0 Å². The fraction of sp³-hybridized carbons (Fsp3) is 0.500. The first-order valence-corrected chi connectivity index (χ1v) is 7.46. The minimum atomic E-state index is -0.0854. The van der Waals surface area contributed by atoms with E-state index >= 15 is 0 Å². The smallest absolute Gasteiger partial charge is 0.251 e. The van der Waals surface area contributed by atoms with Gasteiger partial charge in [0.05, 0.1) is 0 Å². The van der Waals surface area contributed by atoms with Crippen molar-refractivity contribution in [1.82, 2.24) is 10.6 Å². The van der Waals surface area contributed by atoms with E-state index < -0.39 is 0 Å². The Morgan fingerprint density at radius 2 is 2.05 bits per heavy atom. The minimum Gasteiger partial charge on any atom is -0.388 e. The van der Waals surface area contributed by atoms with Gasteiger partial charge in [-0.05, 0) is 49.9 Å². The van der Waals surface area contributed by atoms with Gasteiger partial charge in [0, 0.05) is 37.3 Å². The van der Waals surface area contributed by atoms with E-state index in [0.717, 1.165) is 24.1 Å². The highest BCUT2D eigenvalue weighted by Crippen LogP contribution is 2.18. The Bertz CT molecular complexity index is 524. The van der Waals surface area contributed by atoms with Crippen LogP contribution in [0.15, 0.2) is 18.2 Å². The second kappa shape index (κ2) is 7.11. The van der Waals surface area contributed by atoms with Crippen molar-refractivity contribution < 1.29 is 9.59 Å². The minimum absolute atomic E-state index is 0.0845. The molecule has 2 rings (SSSR count). The van der Waals surface area contributed by atoms with Gasteiger partial charge in [-0.2, -0.15) is 0 Å². The molecular weight excluding hydrogens is 266 g/mol. The number of carbonyl (C=O) groups excluding carboxylic acids is 2. The molecule has 1 aromatic rings. The largest absolute Gasteiger partial charge is 0.388 e. The van der Waals surface area contributed by atoms with Crippen molar-refractivity contribution in [2.75, 3.05) is 18.9 Å². The fourth-order valence-electron chi connectivity index (χ4n) is 2.15. The van der Waals surface area contributed by atoms with E-state index in [4.69, 9.17) is 0 Å². The molecule has 3 N–H and O–H groups in total. The van der Waals surface area contributed by atoms with Crippen molar-refractivity contribution in [2.24, 2.45) is 0 Å². The van der Waals surface area contributed by atoms with Crippen LogP contribution in [0.3, 0.4) is 0 Å². The Balaban J connectivity index is 1.72. The van der Waals surface area contributed by atoms with E-state index in [2.05, 4.69) is 16.0 Å². The molecule has 0 bridgehead atoms. The van der Waals surface area contributed by atoms with Gasteiger partial charge in [0.2, 0.25) is 5.91 Å². The van der Waals surface area contributed by atoms with Gasteiger partial charge in [-0.1, -0.05) is 0 Å². The Kier molecular flexibility index (Phi) is 5.20. The Morgan fingerprint density at radius 1 is 1.29 bits per heavy atom. The predicted molar refractivity (Wildman–Crippen MR) is 83.5 cm³/mol. The van der Waals surface area contributed by atoms with E-state index in [1.807, 2.05) is 32.2 Å². The van der Waals surface area contributed by atoms with Crippen LogP contribution in [0.4, 0.5) is 5.69 Å². The van der Waals surface area contributed by atoms with Gasteiger partial charge >= 0.3 is 0 Å². The summed E-state index contributed by atoms with van der Waals surface area (Å²) in [5.74, 6) is -0.000873. The van der Waals surface area contributed by atoms with Gasteiger partial charge < -0.3 is 16.0 Å². The van der Waals surface area contributed by atoms with Gasteiger partial charge in [-0.25, -0.2) is 0 Å². The number of rotatable bonds is 7. The van der Waals surface area contributed by atoms with E-state index in [-0.39, 0.29) is 11.8 Å².